The van der Waals surface area contributed by atoms with Crippen molar-refractivity contribution in [3.8, 4) is 5.75 Å². The minimum Gasteiger partial charge on any atom is -0.487 e. The van der Waals surface area contributed by atoms with E-state index < -0.39 is 22.2 Å². The van der Waals surface area contributed by atoms with Gasteiger partial charge in [-0.3, -0.25) is 9.78 Å². The number of ether oxygens (including phenoxy) is 1. The van der Waals surface area contributed by atoms with Crippen LogP contribution in [0.2, 0.25) is 0 Å². The van der Waals surface area contributed by atoms with Gasteiger partial charge in [0.15, 0.2) is 0 Å². The van der Waals surface area contributed by atoms with Crippen molar-refractivity contribution in [1.29, 1.82) is 0 Å². The maximum atomic E-state index is 13.7. The lowest BCUT2D eigenvalue weighted by molar-refractivity contribution is 0.0563. The molecule has 0 fully saturated rings. The highest BCUT2D eigenvalue weighted by Crippen LogP contribution is 2.37. The monoisotopic (exact) mass is 513 g/mol. The van der Waals surface area contributed by atoms with Crippen LogP contribution in [0.3, 0.4) is 0 Å². The van der Waals surface area contributed by atoms with Gasteiger partial charge in [0.1, 0.15) is 16.7 Å². The molecule has 0 unspecified atom stereocenters. The van der Waals surface area contributed by atoms with Crippen LogP contribution in [0.4, 0.5) is 0 Å². The summed E-state index contributed by atoms with van der Waals surface area (Å²) in [4.78, 5) is 18.7. The molecule has 36 heavy (non-hydrogen) atoms. The second-order valence-corrected chi connectivity index (χ2v) is 11.7. The third-order valence-corrected chi connectivity index (χ3v) is 9.08. The van der Waals surface area contributed by atoms with Gasteiger partial charge >= 0.3 is 0 Å². The quantitative estimate of drug-likeness (QED) is 0.634. The Morgan fingerprint density at radius 2 is 2.00 bits per heavy atom. The lowest BCUT2D eigenvalue weighted by Crippen LogP contribution is -2.50. The van der Waals surface area contributed by atoms with Crippen molar-refractivity contribution in [2.75, 3.05) is 26.7 Å². The minimum atomic E-state index is -3.90. The van der Waals surface area contributed by atoms with Crippen LogP contribution in [0.1, 0.15) is 55.5 Å². The molecule has 194 valence electrons. The second-order valence-electron chi connectivity index (χ2n) is 9.80. The van der Waals surface area contributed by atoms with E-state index in [1.807, 2.05) is 19.1 Å². The number of aliphatic hydroxyl groups excluding tert-OH is 1. The number of carbonyl (C=O) groups excluding carboxylic acids is 1. The molecule has 0 saturated carbocycles. The Kier molecular flexibility index (Phi) is 8.12. The standard InChI is InChI=1S/C27H35N3O5S/c1-19-16-30(20(2)18-31)36(33,34)26-10-9-23(21-7-5-4-6-8-21)15-24(26)35-25(19)17-29(3)27(32)22-11-13-28-14-12-22/h7,9-15,19-20,25,31H,4-6,8,16-18H2,1-3H3/t19-,20-,25-/m1/s1. The third-order valence-electron chi connectivity index (χ3n) is 7.06. The highest BCUT2D eigenvalue weighted by atomic mass is 32.2. The number of likely N-dealkylation sites (N-methyl/N-ethyl adjacent to an activating group) is 1. The maximum Gasteiger partial charge on any atom is 0.253 e. The molecular weight excluding hydrogens is 478 g/mol. The zero-order valence-electron chi connectivity index (χ0n) is 21.1. The largest absolute Gasteiger partial charge is 0.487 e. The van der Waals surface area contributed by atoms with E-state index in [0.29, 0.717) is 5.56 Å². The SMILES string of the molecule is C[C@@H]1CN([C@H](C)CO)S(=O)(=O)c2ccc(C3=CCCCC3)cc2O[C@@H]1CN(C)C(=O)c1ccncc1. The molecule has 1 aliphatic heterocycles. The normalized spacial score (nSPS) is 22.8. The first-order chi connectivity index (χ1) is 17.2. The van der Waals surface area contributed by atoms with Crippen LogP contribution in [0.15, 0.2) is 53.7 Å². The molecule has 1 N–H and O–H groups in total. The molecule has 4 rings (SSSR count). The van der Waals surface area contributed by atoms with Gasteiger partial charge in [-0.2, -0.15) is 4.31 Å². The summed E-state index contributed by atoms with van der Waals surface area (Å²) in [5, 5.41) is 9.84. The number of hydrogen-bond acceptors (Lipinski definition) is 6. The number of hydrogen-bond donors (Lipinski definition) is 1. The first-order valence-corrected chi connectivity index (χ1v) is 13.9. The number of nitrogens with zero attached hydrogens (tertiary/aromatic N) is 3. The van der Waals surface area contributed by atoms with E-state index in [2.05, 4.69) is 11.1 Å². The number of rotatable bonds is 6. The number of pyridine rings is 1. The highest BCUT2D eigenvalue weighted by molar-refractivity contribution is 7.89. The summed E-state index contributed by atoms with van der Waals surface area (Å²) in [5.74, 6) is -0.118. The van der Waals surface area contributed by atoms with Gasteiger partial charge in [-0.25, -0.2) is 8.42 Å². The number of aliphatic hydroxyl groups is 1. The third kappa shape index (κ3) is 5.48. The van der Waals surface area contributed by atoms with Gasteiger partial charge in [0, 0.05) is 43.5 Å². The van der Waals surface area contributed by atoms with E-state index in [1.54, 1.807) is 49.5 Å². The molecule has 2 aromatic rings. The van der Waals surface area contributed by atoms with E-state index in [4.69, 9.17) is 4.74 Å². The second kappa shape index (κ2) is 11.1. The molecule has 0 saturated heterocycles. The molecule has 0 spiro atoms. The molecule has 2 aliphatic rings. The fourth-order valence-corrected chi connectivity index (χ4v) is 6.64. The average Bonchev–Trinajstić information content (AvgIpc) is 2.90. The maximum absolute atomic E-state index is 13.7. The molecule has 9 heteroatoms. The molecule has 1 aliphatic carbocycles. The lowest BCUT2D eigenvalue weighted by atomic mass is 9.93. The molecule has 1 aromatic carbocycles. The predicted molar refractivity (Wildman–Crippen MR) is 138 cm³/mol. The van der Waals surface area contributed by atoms with E-state index in [1.165, 1.54) is 9.88 Å². The zero-order chi connectivity index (χ0) is 25.9. The summed E-state index contributed by atoms with van der Waals surface area (Å²) >= 11 is 0. The average molecular weight is 514 g/mol. The van der Waals surface area contributed by atoms with Crippen molar-refractivity contribution in [2.45, 2.75) is 56.6 Å². The van der Waals surface area contributed by atoms with Crippen molar-refractivity contribution >= 4 is 21.5 Å². The van der Waals surface area contributed by atoms with Crippen LogP contribution in [0.5, 0.6) is 5.75 Å². The van der Waals surface area contributed by atoms with Crippen LogP contribution in [0, 0.1) is 5.92 Å². The number of amides is 1. The molecule has 2 heterocycles. The van der Waals surface area contributed by atoms with Crippen molar-refractivity contribution in [1.82, 2.24) is 14.2 Å². The van der Waals surface area contributed by atoms with Crippen LogP contribution in [-0.2, 0) is 10.0 Å². The van der Waals surface area contributed by atoms with Crippen molar-refractivity contribution < 1.29 is 23.1 Å². The summed E-state index contributed by atoms with van der Waals surface area (Å²) in [6.07, 6.45) is 9.12. The Bertz CT molecular complexity index is 1220. The summed E-state index contributed by atoms with van der Waals surface area (Å²) in [7, 11) is -2.19. The van der Waals surface area contributed by atoms with Crippen molar-refractivity contribution in [3.05, 3.63) is 59.9 Å². The molecular formula is C27H35N3O5S. The first kappa shape index (κ1) is 26.3. The van der Waals surface area contributed by atoms with Crippen LogP contribution in [-0.4, -0.2) is 72.5 Å². The fraction of sp³-hybridized carbons (Fsp3) is 0.481. The Morgan fingerprint density at radius 3 is 2.67 bits per heavy atom. The van der Waals surface area contributed by atoms with Gasteiger partial charge in [0.2, 0.25) is 10.0 Å². The van der Waals surface area contributed by atoms with Crippen LogP contribution >= 0.6 is 0 Å². The molecule has 3 atom stereocenters. The number of aromatic nitrogens is 1. The number of carbonyl (C=O) groups is 1. The lowest BCUT2D eigenvalue weighted by Gasteiger charge is -2.37. The molecule has 8 nitrogen and oxygen atoms in total. The fourth-order valence-electron chi connectivity index (χ4n) is 4.81. The predicted octanol–water partition coefficient (Wildman–Crippen LogP) is 3.58. The van der Waals surface area contributed by atoms with Crippen LogP contribution in [0.25, 0.3) is 5.57 Å². The Hall–Kier alpha value is -2.75. The van der Waals surface area contributed by atoms with Gasteiger partial charge in [0.25, 0.3) is 5.91 Å². The van der Waals surface area contributed by atoms with E-state index in [9.17, 15) is 18.3 Å². The van der Waals surface area contributed by atoms with Crippen molar-refractivity contribution in [3.63, 3.8) is 0 Å². The number of allylic oxidation sites excluding steroid dienone is 2. The summed E-state index contributed by atoms with van der Waals surface area (Å²) in [6.45, 7) is 3.76. The van der Waals surface area contributed by atoms with E-state index >= 15 is 0 Å². The summed E-state index contributed by atoms with van der Waals surface area (Å²) < 4.78 is 35.2. The number of sulfonamides is 1. The van der Waals surface area contributed by atoms with Gasteiger partial charge in [0.05, 0.1) is 13.2 Å². The van der Waals surface area contributed by atoms with E-state index in [-0.39, 0.29) is 42.2 Å². The zero-order valence-corrected chi connectivity index (χ0v) is 21.9. The Morgan fingerprint density at radius 1 is 1.25 bits per heavy atom. The van der Waals surface area contributed by atoms with Gasteiger partial charge in [-0.05, 0) is 68.0 Å². The minimum absolute atomic E-state index is 0.0861. The molecule has 1 aromatic heterocycles. The topological polar surface area (TPSA) is 100 Å². The van der Waals surface area contributed by atoms with Gasteiger partial charge in [-0.1, -0.05) is 19.1 Å². The van der Waals surface area contributed by atoms with E-state index in [0.717, 1.165) is 31.2 Å². The molecule has 0 bridgehead atoms. The molecule has 1 amide bonds. The Labute approximate surface area is 213 Å². The summed E-state index contributed by atoms with van der Waals surface area (Å²) in [6, 6.07) is 8.02. The van der Waals surface area contributed by atoms with Crippen LogP contribution < -0.4 is 4.74 Å². The number of fused-ring (bicyclic) bond motifs is 1. The number of benzene rings is 1. The smallest absolute Gasteiger partial charge is 0.253 e. The van der Waals surface area contributed by atoms with Gasteiger partial charge < -0.3 is 14.7 Å². The Balaban J connectivity index is 1.72. The van der Waals surface area contributed by atoms with Gasteiger partial charge in [-0.15, -0.1) is 0 Å². The summed E-state index contributed by atoms with van der Waals surface area (Å²) in [5.41, 5.74) is 2.68. The highest BCUT2D eigenvalue weighted by Gasteiger charge is 2.38. The first-order valence-electron chi connectivity index (χ1n) is 12.5. The van der Waals surface area contributed by atoms with Crippen molar-refractivity contribution in [2.24, 2.45) is 5.92 Å². The molecule has 0 radical (unpaired) electrons.